The Morgan fingerprint density at radius 3 is 2.70 bits per heavy atom. The number of carbonyl (C=O) groups is 2. The molecule has 0 spiro atoms. The molecule has 0 aliphatic carbocycles. The van der Waals surface area contributed by atoms with Gasteiger partial charge in [-0.3, -0.25) is 9.59 Å². The lowest BCUT2D eigenvalue weighted by molar-refractivity contribution is -0.146. The van der Waals surface area contributed by atoms with Gasteiger partial charge < -0.3 is 14.6 Å². The first-order chi connectivity index (χ1) is 10.8. The van der Waals surface area contributed by atoms with Crippen molar-refractivity contribution in [2.75, 3.05) is 11.9 Å². The Balaban J connectivity index is 1.84. The number of carbonyl (C=O) groups excluding carboxylic acids is 2. The largest absolute Gasteiger partial charge is 0.455 e. The van der Waals surface area contributed by atoms with E-state index in [1.54, 1.807) is 0 Å². The number of rotatable bonds is 5. The summed E-state index contributed by atoms with van der Waals surface area (Å²) < 4.78 is 46.9. The highest BCUT2D eigenvalue weighted by Gasteiger charge is 2.30. The average molecular weight is 328 g/mol. The number of amides is 1. The van der Waals surface area contributed by atoms with E-state index in [2.05, 4.69) is 15.0 Å². The number of esters is 1. The minimum atomic E-state index is -4.49. The second kappa shape index (κ2) is 6.95. The van der Waals surface area contributed by atoms with Gasteiger partial charge in [-0.25, -0.2) is 0 Å². The summed E-state index contributed by atoms with van der Waals surface area (Å²) in [4.78, 5) is 23.0. The Labute approximate surface area is 128 Å². The van der Waals surface area contributed by atoms with Gasteiger partial charge in [-0.2, -0.15) is 13.2 Å². The predicted molar refractivity (Wildman–Crippen MR) is 71.2 cm³/mol. The second-order valence-electron chi connectivity index (χ2n) is 4.47. The lowest BCUT2D eigenvalue weighted by atomic mass is 10.1. The molecule has 0 aliphatic rings. The van der Waals surface area contributed by atoms with E-state index >= 15 is 0 Å². The SMILES string of the molecule is O=C(COC(=O)Cc1cccc(C(F)(F)F)c1)Nc1ccon1. The van der Waals surface area contributed by atoms with E-state index in [4.69, 9.17) is 4.74 Å². The van der Waals surface area contributed by atoms with Crippen LogP contribution >= 0.6 is 0 Å². The van der Waals surface area contributed by atoms with Crippen LogP contribution in [-0.2, 0) is 26.9 Å². The van der Waals surface area contributed by atoms with E-state index < -0.39 is 30.2 Å². The number of halogens is 3. The minimum Gasteiger partial charge on any atom is -0.455 e. The topological polar surface area (TPSA) is 81.4 Å². The summed E-state index contributed by atoms with van der Waals surface area (Å²) in [5, 5.41) is 5.73. The number of hydrogen-bond acceptors (Lipinski definition) is 5. The summed E-state index contributed by atoms with van der Waals surface area (Å²) in [5.74, 6) is -1.31. The van der Waals surface area contributed by atoms with E-state index in [-0.39, 0.29) is 17.8 Å². The number of nitrogens with one attached hydrogen (secondary N) is 1. The maximum Gasteiger partial charge on any atom is 0.416 e. The van der Waals surface area contributed by atoms with E-state index in [9.17, 15) is 22.8 Å². The fraction of sp³-hybridized carbons (Fsp3) is 0.214. The molecule has 0 radical (unpaired) electrons. The van der Waals surface area contributed by atoms with Crippen LogP contribution in [0.5, 0.6) is 0 Å². The summed E-state index contributed by atoms with van der Waals surface area (Å²) in [6.07, 6.45) is -3.62. The smallest absolute Gasteiger partial charge is 0.416 e. The van der Waals surface area contributed by atoms with Crippen molar-refractivity contribution in [2.24, 2.45) is 0 Å². The van der Waals surface area contributed by atoms with E-state index in [1.807, 2.05) is 0 Å². The third-order valence-electron chi connectivity index (χ3n) is 2.67. The highest BCUT2D eigenvalue weighted by molar-refractivity contribution is 5.91. The van der Waals surface area contributed by atoms with Crippen molar-refractivity contribution >= 4 is 17.7 Å². The van der Waals surface area contributed by atoms with Gasteiger partial charge in [0.2, 0.25) is 0 Å². The number of hydrogen-bond donors (Lipinski definition) is 1. The molecule has 1 heterocycles. The quantitative estimate of drug-likeness (QED) is 0.853. The van der Waals surface area contributed by atoms with E-state index in [0.717, 1.165) is 12.1 Å². The summed E-state index contributed by atoms with van der Waals surface area (Å²) in [6.45, 7) is -0.579. The highest BCUT2D eigenvalue weighted by Crippen LogP contribution is 2.29. The van der Waals surface area contributed by atoms with Gasteiger partial charge in [-0.05, 0) is 11.6 Å². The van der Waals surface area contributed by atoms with E-state index in [1.165, 1.54) is 24.5 Å². The molecule has 0 saturated carbocycles. The van der Waals surface area contributed by atoms with Crippen molar-refractivity contribution in [1.82, 2.24) is 5.16 Å². The van der Waals surface area contributed by atoms with Crippen molar-refractivity contribution in [3.63, 3.8) is 0 Å². The predicted octanol–water partition coefficient (Wildman–Crippen LogP) is 2.42. The van der Waals surface area contributed by atoms with Crippen molar-refractivity contribution in [1.29, 1.82) is 0 Å². The normalized spacial score (nSPS) is 11.1. The third-order valence-corrected chi connectivity index (χ3v) is 2.67. The molecule has 9 heteroatoms. The molecule has 0 saturated heterocycles. The number of alkyl halides is 3. The molecular weight excluding hydrogens is 317 g/mol. The monoisotopic (exact) mass is 328 g/mol. The third kappa shape index (κ3) is 5.13. The number of ether oxygens (including phenoxy) is 1. The maximum atomic E-state index is 12.6. The fourth-order valence-electron chi connectivity index (χ4n) is 1.68. The van der Waals surface area contributed by atoms with Crippen LogP contribution < -0.4 is 5.32 Å². The van der Waals surface area contributed by atoms with Crippen LogP contribution in [0.25, 0.3) is 0 Å². The van der Waals surface area contributed by atoms with Crippen LogP contribution in [0, 0.1) is 0 Å². The molecule has 0 unspecified atom stereocenters. The number of aromatic nitrogens is 1. The van der Waals surface area contributed by atoms with Crippen LogP contribution in [0.4, 0.5) is 19.0 Å². The Kier molecular flexibility index (Phi) is 4.99. The lowest BCUT2D eigenvalue weighted by Gasteiger charge is -2.08. The van der Waals surface area contributed by atoms with Gasteiger partial charge in [0.15, 0.2) is 12.4 Å². The summed E-state index contributed by atoms with van der Waals surface area (Å²) >= 11 is 0. The molecule has 2 rings (SSSR count). The van der Waals surface area contributed by atoms with Gasteiger partial charge in [0.1, 0.15) is 6.26 Å². The number of benzene rings is 1. The Morgan fingerprint density at radius 2 is 2.04 bits per heavy atom. The van der Waals surface area contributed by atoms with Crippen LogP contribution in [0.2, 0.25) is 0 Å². The van der Waals surface area contributed by atoms with Gasteiger partial charge in [0, 0.05) is 6.07 Å². The van der Waals surface area contributed by atoms with Crippen molar-refractivity contribution in [3.05, 3.63) is 47.7 Å². The van der Waals surface area contributed by atoms with Gasteiger partial charge in [0.25, 0.3) is 5.91 Å². The molecule has 2 aromatic rings. The first kappa shape index (κ1) is 16.5. The molecule has 0 fully saturated rings. The minimum absolute atomic E-state index is 0.140. The first-order valence-corrected chi connectivity index (χ1v) is 6.36. The Hall–Kier alpha value is -2.84. The lowest BCUT2D eigenvalue weighted by Crippen LogP contribution is -2.21. The molecule has 1 aromatic heterocycles. The van der Waals surface area contributed by atoms with Gasteiger partial charge in [-0.15, -0.1) is 0 Å². The van der Waals surface area contributed by atoms with Crippen molar-refractivity contribution in [3.8, 4) is 0 Å². The molecular formula is C14H11F3N2O4. The van der Waals surface area contributed by atoms with Crippen LogP contribution in [0.3, 0.4) is 0 Å². The molecule has 23 heavy (non-hydrogen) atoms. The van der Waals surface area contributed by atoms with Crippen LogP contribution in [0.15, 0.2) is 41.1 Å². The van der Waals surface area contributed by atoms with Gasteiger partial charge >= 0.3 is 12.1 Å². The number of anilines is 1. The van der Waals surface area contributed by atoms with Crippen LogP contribution in [0.1, 0.15) is 11.1 Å². The Bertz CT molecular complexity index is 684. The second-order valence-corrected chi connectivity index (χ2v) is 4.47. The van der Waals surface area contributed by atoms with Crippen molar-refractivity contribution in [2.45, 2.75) is 12.6 Å². The summed E-state index contributed by atoms with van der Waals surface area (Å²) in [5.41, 5.74) is -0.715. The van der Waals surface area contributed by atoms with Gasteiger partial charge in [-0.1, -0.05) is 23.4 Å². The zero-order valence-electron chi connectivity index (χ0n) is 11.6. The molecule has 6 nitrogen and oxygen atoms in total. The molecule has 0 bridgehead atoms. The molecule has 0 aliphatic heterocycles. The van der Waals surface area contributed by atoms with Crippen molar-refractivity contribution < 1.29 is 32.0 Å². The highest BCUT2D eigenvalue weighted by atomic mass is 19.4. The molecule has 122 valence electrons. The molecule has 1 N–H and O–H groups in total. The van der Waals surface area contributed by atoms with Crippen LogP contribution in [-0.4, -0.2) is 23.6 Å². The first-order valence-electron chi connectivity index (χ1n) is 6.36. The average Bonchev–Trinajstić information content (AvgIpc) is 2.97. The molecule has 1 amide bonds. The summed E-state index contributed by atoms with van der Waals surface area (Å²) in [6, 6.07) is 5.72. The van der Waals surface area contributed by atoms with E-state index in [0.29, 0.717) is 0 Å². The molecule has 1 aromatic carbocycles. The standard InChI is InChI=1S/C14H11F3N2O4/c15-14(16,17)10-3-1-2-9(6-10)7-13(21)22-8-12(20)18-11-4-5-23-19-11/h1-6H,7-8H2,(H,18,19,20). The zero-order valence-corrected chi connectivity index (χ0v) is 11.6. The maximum absolute atomic E-state index is 12.6. The zero-order chi connectivity index (χ0) is 16.9. The van der Waals surface area contributed by atoms with Gasteiger partial charge in [0.05, 0.1) is 12.0 Å². The molecule has 0 atom stereocenters. The summed E-state index contributed by atoms with van der Waals surface area (Å²) in [7, 11) is 0. The fourth-order valence-corrected chi connectivity index (χ4v) is 1.68. The number of nitrogens with zero attached hydrogens (tertiary/aromatic N) is 1. The Morgan fingerprint density at radius 1 is 1.26 bits per heavy atom.